The van der Waals surface area contributed by atoms with Crippen molar-refractivity contribution in [2.24, 2.45) is 4.99 Å². The summed E-state index contributed by atoms with van der Waals surface area (Å²) in [5.41, 5.74) is 4.81. The van der Waals surface area contributed by atoms with Crippen LogP contribution in [-0.4, -0.2) is 47.7 Å². The van der Waals surface area contributed by atoms with E-state index in [1.54, 1.807) is 14.0 Å². The number of aromatic nitrogens is 1. The number of rotatable bonds is 8. The standard InChI is InChI=1S/C28H28N4O4S/c1-17-25(27(34)36-3)26(21-9-5-7-11-23(21)35-2)32-19(16-37-28(32)31-17)14-24(33)29-13-12-18-15-30-22-10-6-4-8-20(18)22/h4-11,15-16,26,30H,12-14H2,1-3H3,(H,29,33). The SMILES string of the molecule is COC(=O)C1=C(C)N=C2SC=C(CC(=O)NCCc3c[nH]c4ccccc34)N2C1c1ccccc1OC. The lowest BCUT2D eigenvalue weighted by Gasteiger charge is -2.36. The number of hydrogen-bond donors (Lipinski definition) is 2. The number of nitrogens with one attached hydrogen (secondary N) is 2. The number of amidine groups is 1. The number of allylic oxidation sites excluding steroid dienone is 1. The van der Waals surface area contributed by atoms with Crippen LogP contribution in [0.4, 0.5) is 0 Å². The van der Waals surface area contributed by atoms with Crippen molar-refractivity contribution in [2.45, 2.75) is 25.8 Å². The average molecular weight is 517 g/mol. The van der Waals surface area contributed by atoms with E-state index in [2.05, 4.69) is 21.4 Å². The normalized spacial score (nSPS) is 16.8. The number of H-pyrrole nitrogens is 1. The van der Waals surface area contributed by atoms with Crippen LogP contribution in [0.15, 0.2) is 82.1 Å². The minimum absolute atomic E-state index is 0.0994. The summed E-state index contributed by atoms with van der Waals surface area (Å²) in [4.78, 5) is 35.8. The first-order valence-electron chi connectivity index (χ1n) is 12.0. The lowest BCUT2D eigenvalue weighted by Crippen LogP contribution is -2.38. The second kappa shape index (κ2) is 10.6. The molecule has 0 aliphatic carbocycles. The molecule has 1 aromatic heterocycles. The summed E-state index contributed by atoms with van der Waals surface area (Å²) < 4.78 is 10.8. The highest BCUT2D eigenvalue weighted by Gasteiger charge is 2.42. The van der Waals surface area contributed by atoms with E-state index in [0.29, 0.717) is 28.7 Å². The molecule has 1 amide bonds. The van der Waals surface area contributed by atoms with Crippen molar-refractivity contribution in [3.05, 3.63) is 88.2 Å². The fourth-order valence-corrected chi connectivity index (χ4v) is 5.79. The van der Waals surface area contributed by atoms with Gasteiger partial charge in [0.15, 0.2) is 5.17 Å². The van der Waals surface area contributed by atoms with Crippen LogP contribution in [-0.2, 0) is 20.7 Å². The van der Waals surface area contributed by atoms with Gasteiger partial charge in [0.05, 0.1) is 38.0 Å². The predicted molar refractivity (Wildman–Crippen MR) is 145 cm³/mol. The molecule has 5 rings (SSSR count). The first-order chi connectivity index (χ1) is 18.0. The molecule has 2 aromatic carbocycles. The highest BCUT2D eigenvalue weighted by atomic mass is 32.2. The van der Waals surface area contributed by atoms with Crippen molar-refractivity contribution in [2.75, 3.05) is 20.8 Å². The zero-order valence-electron chi connectivity index (χ0n) is 20.9. The molecule has 0 saturated carbocycles. The van der Waals surface area contributed by atoms with E-state index in [0.717, 1.165) is 34.1 Å². The number of carbonyl (C=O) groups is 2. The van der Waals surface area contributed by atoms with Crippen LogP contribution >= 0.6 is 11.8 Å². The van der Waals surface area contributed by atoms with E-state index >= 15 is 0 Å². The number of aromatic amines is 1. The van der Waals surface area contributed by atoms with Crippen LogP contribution in [0, 0.1) is 0 Å². The van der Waals surface area contributed by atoms with Gasteiger partial charge in [0.1, 0.15) is 5.75 Å². The molecule has 0 radical (unpaired) electrons. The quantitative estimate of drug-likeness (QED) is 0.423. The minimum atomic E-state index is -0.531. The Labute approximate surface area is 219 Å². The van der Waals surface area contributed by atoms with Gasteiger partial charge in [-0.2, -0.15) is 0 Å². The number of para-hydroxylation sites is 2. The Hall–Kier alpha value is -3.98. The minimum Gasteiger partial charge on any atom is -0.496 e. The molecular weight excluding hydrogens is 488 g/mol. The average Bonchev–Trinajstić information content (AvgIpc) is 3.51. The summed E-state index contributed by atoms with van der Waals surface area (Å²) >= 11 is 1.44. The van der Waals surface area contributed by atoms with Gasteiger partial charge in [0.25, 0.3) is 0 Å². The maximum absolute atomic E-state index is 13.0. The van der Waals surface area contributed by atoms with Gasteiger partial charge in [-0.3, -0.25) is 4.79 Å². The monoisotopic (exact) mass is 516 g/mol. The molecular formula is C28H28N4O4S. The molecule has 3 aromatic rings. The van der Waals surface area contributed by atoms with Crippen molar-refractivity contribution in [3.63, 3.8) is 0 Å². The van der Waals surface area contributed by atoms with Crippen molar-refractivity contribution in [3.8, 4) is 5.75 Å². The number of hydrogen-bond acceptors (Lipinski definition) is 7. The van der Waals surface area contributed by atoms with E-state index in [9.17, 15) is 9.59 Å². The first kappa shape index (κ1) is 24.7. The highest BCUT2D eigenvalue weighted by molar-refractivity contribution is 8.16. The summed E-state index contributed by atoms with van der Waals surface area (Å²) in [7, 11) is 2.96. The molecule has 2 aliphatic rings. The number of ether oxygens (including phenoxy) is 2. The molecule has 9 heteroatoms. The van der Waals surface area contributed by atoms with Crippen LogP contribution < -0.4 is 10.1 Å². The molecule has 2 N–H and O–H groups in total. The fraction of sp³-hybridized carbons (Fsp3) is 0.250. The van der Waals surface area contributed by atoms with Crippen LogP contribution in [0.2, 0.25) is 0 Å². The Morgan fingerprint density at radius 1 is 1.14 bits per heavy atom. The van der Waals surface area contributed by atoms with Crippen LogP contribution in [0.5, 0.6) is 5.75 Å². The van der Waals surface area contributed by atoms with Crippen LogP contribution in [0.25, 0.3) is 10.9 Å². The van der Waals surface area contributed by atoms with Gasteiger partial charge in [0, 0.05) is 34.9 Å². The molecule has 3 heterocycles. The third-order valence-electron chi connectivity index (χ3n) is 6.57. The van der Waals surface area contributed by atoms with Gasteiger partial charge in [-0.25, -0.2) is 9.79 Å². The molecule has 190 valence electrons. The second-order valence-corrected chi connectivity index (χ2v) is 9.60. The number of fused-ring (bicyclic) bond motifs is 2. The number of methoxy groups -OCH3 is 2. The summed E-state index contributed by atoms with van der Waals surface area (Å²) in [6.07, 6.45) is 2.86. The number of carbonyl (C=O) groups excluding carboxylic acids is 2. The Balaban J connectivity index is 1.35. The Kier molecular flexibility index (Phi) is 7.05. The molecule has 0 fully saturated rings. The molecule has 2 aliphatic heterocycles. The van der Waals surface area contributed by atoms with Crippen molar-refractivity contribution >= 4 is 39.7 Å². The largest absolute Gasteiger partial charge is 0.496 e. The highest BCUT2D eigenvalue weighted by Crippen LogP contribution is 2.46. The number of thioether (sulfide) groups is 1. The van der Waals surface area contributed by atoms with Crippen LogP contribution in [0.1, 0.15) is 30.5 Å². The van der Waals surface area contributed by atoms with Gasteiger partial charge in [-0.15, -0.1) is 0 Å². The number of benzene rings is 2. The molecule has 37 heavy (non-hydrogen) atoms. The zero-order chi connectivity index (χ0) is 25.9. The number of amides is 1. The maximum Gasteiger partial charge on any atom is 0.338 e. The predicted octanol–water partition coefficient (Wildman–Crippen LogP) is 4.67. The topological polar surface area (TPSA) is 96.0 Å². The van der Waals surface area contributed by atoms with Gasteiger partial charge in [-0.05, 0) is 36.4 Å². The van der Waals surface area contributed by atoms with Gasteiger partial charge >= 0.3 is 5.97 Å². The van der Waals surface area contributed by atoms with E-state index in [1.807, 2.05) is 59.0 Å². The second-order valence-electron chi connectivity index (χ2n) is 8.76. The van der Waals surface area contributed by atoms with Gasteiger partial charge < -0.3 is 24.7 Å². The molecule has 1 unspecified atom stereocenters. The molecule has 0 spiro atoms. The number of nitrogens with zero attached hydrogens (tertiary/aromatic N) is 2. The molecule has 8 nitrogen and oxygen atoms in total. The first-order valence-corrected chi connectivity index (χ1v) is 12.9. The van der Waals surface area contributed by atoms with E-state index < -0.39 is 12.0 Å². The van der Waals surface area contributed by atoms with E-state index in [4.69, 9.17) is 9.47 Å². The summed E-state index contributed by atoms with van der Waals surface area (Å²) in [5.74, 6) is 0.0793. The third kappa shape index (κ3) is 4.74. The van der Waals surface area contributed by atoms with E-state index in [-0.39, 0.29) is 12.3 Å². The van der Waals surface area contributed by atoms with Crippen molar-refractivity contribution in [1.82, 2.24) is 15.2 Å². The maximum atomic E-state index is 13.0. The number of esters is 1. The van der Waals surface area contributed by atoms with E-state index in [1.165, 1.54) is 18.9 Å². The Bertz CT molecular complexity index is 1460. The molecule has 0 bridgehead atoms. The number of aliphatic imine (C=N–C) groups is 1. The summed E-state index contributed by atoms with van der Waals surface area (Å²) in [6.45, 7) is 2.32. The lowest BCUT2D eigenvalue weighted by molar-refractivity contribution is -0.136. The Morgan fingerprint density at radius 2 is 1.92 bits per heavy atom. The zero-order valence-corrected chi connectivity index (χ0v) is 21.7. The summed E-state index contributed by atoms with van der Waals surface area (Å²) in [5, 5.41) is 6.84. The molecule has 0 saturated heterocycles. The van der Waals surface area contributed by atoms with Gasteiger partial charge in [0.2, 0.25) is 5.91 Å². The lowest BCUT2D eigenvalue weighted by atomic mass is 9.93. The smallest absolute Gasteiger partial charge is 0.338 e. The summed E-state index contributed by atoms with van der Waals surface area (Å²) in [6, 6.07) is 15.1. The fourth-order valence-electron chi connectivity index (χ4n) is 4.83. The van der Waals surface area contributed by atoms with Crippen LogP contribution in [0.3, 0.4) is 0 Å². The van der Waals surface area contributed by atoms with Gasteiger partial charge in [-0.1, -0.05) is 48.2 Å². The van der Waals surface area contributed by atoms with Crippen molar-refractivity contribution in [1.29, 1.82) is 0 Å². The molecule has 1 atom stereocenters. The third-order valence-corrected chi connectivity index (χ3v) is 7.46. The van der Waals surface area contributed by atoms with Crippen molar-refractivity contribution < 1.29 is 19.1 Å². The Morgan fingerprint density at radius 3 is 2.73 bits per heavy atom.